The molecule has 0 aromatic heterocycles. The quantitative estimate of drug-likeness (QED) is 0.0279. The van der Waals surface area contributed by atoms with Crippen LogP contribution in [0, 0.1) is 0 Å². The molecule has 59 heavy (non-hydrogen) atoms. The monoisotopic (exact) mass is 857 g/mol. The van der Waals surface area contributed by atoms with Gasteiger partial charge in [0.2, 0.25) is 0 Å². The number of hydrogen-bond acceptors (Lipinski definition) is 7. The van der Waals surface area contributed by atoms with Gasteiger partial charge >= 0.3 is 19.8 Å². The van der Waals surface area contributed by atoms with Gasteiger partial charge in [-0.1, -0.05) is 231 Å². The molecule has 0 aliphatic heterocycles. The van der Waals surface area contributed by atoms with Gasteiger partial charge < -0.3 is 14.4 Å². The summed E-state index contributed by atoms with van der Waals surface area (Å²) in [5.41, 5.74) is 0. The Morgan fingerprint density at radius 1 is 0.458 bits per heavy atom. The highest BCUT2D eigenvalue weighted by molar-refractivity contribution is 7.47. The van der Waals surface area contributed by atoms with Gasteiger partial charge in [0, 0.05) is 20.0 Å². The van der Waals surface area contributed by atoms with Crippen LogP contribution in [0.2, 0.25) is 0 Å². The largest absolute Gasteiger partial charge is 0.472 e. The fourth-order valence-corrected chi connectivity index (χ4v) is 8.06. The maximum absolute atomic E-state index is 12.6. The molecule has 0 amide bonds. The molecule has 0 radical (unpaired) electrons. The first-order valence-corrected chi connectivity index (χ1v) is 26.9. The molecule has 350 valence electrons. The number of allylic oxidation sites excluding steroid dienone is 2. The van der Waals surface area contributed by atoms with E-state index in [1.807, 2.05) is 0 Å². The van der Waals surface area contributed by atoms with Gasteiger partial charge in [-0.2, -0.15) is 0 Å². The Bertz CT molecular complexity index is 973. The molecule has 0 saturated carbocycles. The molecule has 1 N–H and O–H groups in total. The third-order valence-corrected chi connectivity index (χ3v) is 12.4. The molecular weight excluding hydrogens is 760 g/mol. The van der Waals surface area contributed by atoms with Crippen LogP contribution in [0.4, 0.5) is 0 Å². The molecule has 0 aliphatic rings. The minimum atomic E-state index is -4.26. The van der Waals surface area contributed by atoms with E-state index in [4.69, 9.17) is 14.0 Å². The molecular formula is C50H97O8P. The first-order valence-electron chi connectivity index (χ1n) is 25.4. The zero-order valence-corrected chi connectivity index (χ0v) is 40.1. The molecule has 0 aromatic carbocycles. The van der Waals surface area contributed by atoms with Gasteiger partial charge in [0.1, 0.15) is 6.61 Å². The highest BCUT2D eigenvalue weighted by atomic mass is 31.2. The lowest BCUT2D eigenvalue weighted by Gasteiger charge is -2.19. The summed E-state index contributed by atoms with van der Waals surface area (Å²) in [6.07, 6.45) is 52.7. The van der Waals surface area contributed by atoms with Gasteiger partial charge in [-0.15, -0.1) is 0 Å². The fraction of sp³-hybridized carbons (Fsp3) is 0.920. The number of unbranched alkanes of at least 4 members (excludes halogenated alkanes) is 35. The first kappa shape index (κ1) is 57.8. The van der Waals surface area contributed by atoms with Crippen molar-refractivity contribution in [3.8, 4) is 0 Å². The SMILES string of the molecule is CCCCCCCCCC/C=C\CCCCCCCCCCCCCC(=O)OC(COC(=O)CCCCCCCCCCCCCCCCCCC)COP(=O)(O)OC. The predicted molar refractivity (Wildman–Crippen MR) is 249 cm³/mol. The Kier molecular flexibility index (Phi) is 45.3. The summed E-state index contributed by atoms with van der Waals surface area (Å²) in [5, 5.41) is 0. The van der Waals surface area contributed by atoms with E-state index < -0.39 is 26.5 Å². The Morgan fingerprint density at radius 3 is 1.10 bits per heavy atom. The number of hydrogen-bond donors (Lipinski definition) is 1. The van der Waals surface area contributed by atoms with Crippen molar-refractivity contribution in [1.29, 1.82) is 0 Å². The van der Waals surface area contributed by atoms with Gasteiger partial charge in [-0.3, -0.25) is 18.6 Å². The van der Waals surface area contributed by atoms with E-state index in [9.17, 15) is 19.0 Å². The second-order valence-corrected chi connectivity index (χ2v) is 18.9. The summed E-state index contributed by atoms with van der Waals surface area (Å²) in [6, 6.07) is 0. The molecule has 8 nitrogen and oxygen atoms in total. The van der Waals surface area contributed by atoms with Crippen LogP contribution < -0.4 is 0 Å². The lowest BCUT2D eigenvalue weighted by Crippen LogP contribution is -2.29. The number of ether oxygens (including phenoxy) is 2. The lowest BCUT2D eigenvalue weighted by atomic mass is 10.0. The molecule has 0 aliphatic carbocycles. The number of carbonyl (C=O) groups is 2. The molecule has 0 fully saturated rings. The standard InChI is InChI=1S/C50H97O8P/c1-4-6-8-10-12-14-16-18-20-22-23-24-25-26-27-29-31-33-35-37-39-41-43-45-50(52)58-48(47-57-59(53,54)55-3)46-56-49(51)44-42-40-38-36-34-32-30-28-21-19-17-15-13-11-9-7-5-2/h22-23,48H,4-21,24-47H2,1-3H3,(H,53,54)/b23-22-. The average Bonchev–Trinajstić information content (AvgIpc) is 3.23. The highest BCUT2D eigenvalue weighted by Gasteiger charge is 2.24. The van der Waals surface area contributed by atoms with E-state index in [0.717, 1.165) is 45.6 Å². The van der Waals surface area contributed by atoms with E-state index in [0.29, 0.717) is 6.42 Å². The van der Waals surface area contributed by atoms with Gasteiger partial charge in [0.05, 0.1) is 6.61 Å². The average molecular weight is 857 g/mol. The Hall–Kier alpha value is -1.21. The third-order valence-electron chi connectivity index (χ3n) is 11.5. The van der Waals surface area contributed by atoms with Crippen molar-refractivity contribution in [3.63, 3.8) is 0 Å². The second-order valence-electron chi connectivity index (χ2n) is 17.3. The Balaban J connectivity index is 3.86. The maximum atomic E-state index is 12.6. The zero-order chi connectivity index (χ0) is 43.2. The molecule has 0 rings (SSSR count). The van der Waals surface area contributed by atoms with Crippen LogP contribution in [0.15, 0.2) is 12.2 Å². The van der Waals surface area contributed by atoms with Crippen molar-refractivity contribution < 1.29 is 37.6 Å². The summed E-state index contributed by atoms with van der Waals surface area (Å²) in [5.74, 6) is -0.787. The molecule has 9 heteroatoms. The van der Waals surface area contributed by atoms with E-state index >= 15 is 0 Å². The maximum Gasteiger partial charge on any atom is 0.472 e. The number of rotatable bonds is 48. The smallest absolute Gasteiger partial charge is 0.462 e. The van der Waals surface area contributed by atoms with Crippen LogP contribution in [-0.2, 0) is 32.7 Å². The lowest BCUT2D eigenvalue weighted by molar-refractivity contribution is -0.161. The molecule has 0 spiro atoms. The number of carbonyl (C=O) groups excluding carboxylic acids is 2. The molecule has 0 saturated heterocycles. The zero-order valence-electron chi connectivity index (χ0n) is 39.2. The van der Waals surface area contributed by atoms with E-state index in [1.54, 1.807) is 0 Å². The summed E-state index contributed by atoms with van der Waals surface area (Å²) in [4.78, 5) is 34.6. The molecule has 0 aromatic rings. The van der Waals surface area contributed by atoms with E-state index in [1.165, 1.54) is 205 Å². The van der Waals surface area contributed by atoms with Crippen molar-refractivity contribution >= 4 is 19.8 Å². The van der Waals surface area contributed by atoms with Gasteiger partial charge in [0.25, 0.3) is 0 Å². The number of esters is 2. The van der Waals surface area contributed by atoms with Crippen molar-refractivity contribution in [2.75, 3.05) is 20.3 Å². The minimum Gasteiger partial charge on any atom is -0.462 e. The van der Waals surface area contributed by atoms with Gasteiger partial charge in [-0.05, 0) is 38.5 Å². The predicted octanol–water partition coefficient (Wildman–Crippen LogP) is 16.4. The van der Waals surface area contributed by atoms with Crippen molar-refractivity contribution in [3.05, 3.63) is 12.2 Å². The molecule has 0 heterocycles. The van der Waals surface area contributed by atoms with Gasteiger partial charge in [-0.25, -0.2) is 4.57 Å². The summed E-state index contributed by atoms with van der Waals surface area (Å²) in [6.45, 7) is 3.94. The van der Waals surface area contributed by atoms with Crippen molar-refractivity contribution in [1.82, 2.24) is 0 Å². The van der Waals surface area contributed by atoms with Crippen LogP contribution in [-0.4, -0.2) is 43.3 Å². The highest BCUT2D eigenvalue weighted by Crippen LogP contribution is 2.42. The van der Waals surface area contributed by atoms with Crippen LogP contribution >= 0.6 is 7.82 Å². The summed E-state index contributed by atoms with van der Waals surface area (Å²) < 4.78 is 32.1. The minimum absolute atomic E-state index is 0.219. The Morgan fingerprint density at radius 2 is 0.763 bits per heavy atom. The van der Waals surface area contributed by atoms with Crippen molar-refractivity contribution in [2.24, 2.45) is 0 Å². The van der Waals surface area contributed by atoms with Crippen LogP contribution in [0.25, 0.3) is 0 Å². The number of phosphoric acid groups is 1. The van der Waals surface area contributed by atoms with Crippen molar-refractivity contribution in [2.45, 2.75) is 277 Å². The third kappa shape index (κ3) is 46.1. The second kappa shape index (κ2) is 46.3. The summed E-state index contributed by atoms with van der Waals surface area (Å²) >= 11 is 0. The Labute approximate surface area is 365 Å². The van der Waals surface area contributed by atoms with Crippen LogP contribution in [0.5, 0.6) is 0 Å². The first-order chi connectivity index (χ1) is 28.8. The molecule has 2 atom stereocenters. The van der Waals surface area contributed by atoms with E-state index in [-0.39, 0.29) is 19.0 Å². The van der Waals surface area contributed by atoms with Crippen LogP contribution in [0.1, 0.15) is 271 Å². The molecule has 2 unspecified atom stereocenters. The molecule has 0 bridgehead atoms. The number of phosphoric ester groups is 1. The topological polar surface area (TPSA) is 108 Å². The van der Waals surface area contributed by atoms with Gasteiger partial charge in [0.15, 0.2) is 6.10 Å². The van der Waals surface area contributed by atoms with Crippen LogP contribution in [0.3, 0.4) is 0 Å². The van der Waals surface area contributed by atoms with E-state index in [2.05, 4.69) is 30.5 Å². The normalized spacial score (nSPS) is 13.2. The fourth-order valence-electron chi connectivity index (χ4n) is 7.60. The summed E-state index contributed by atoms with van der Waals surface area (Å²) in [7, 11) is -3.19.